The summed E-state index contributed by atoms with van der Waals surface area (Å²) < 4.78 is 0. The lowest BCUT2D eigenvalue weighted by molar-refractivity contribution is -0.142. The summed E-state index contributed by atoms with van der Waals surface area (Å²) in [4.78, 5) is 50.9. The van der Waals surface area contributed by atoms with Crippen molar-refractivity contribution in [2.75, 3.05) is 23.5 Å². The molecule has 0 aliphatic carbocycles. The summed E-state index contributed by atoms with van der Waals surface area (Å²) in [5, 5.41) is 11.9. The van der Waals surface area contributed by atoms with Gasteiger partial charge in [0.25, 0.3) is 11.8 Å². The number of rotatable bonds is 11. The molecule has 2 N–H and O–H groups in total. The van der Waals surface area contributed by atoms with E-state index in [-0.39, 0.29) is 24.0 Å². The first-order chi connectivity index (χ1) is 13.4. The Morgan fingerprint density at radius 1 is 1.11 bits per heavy atom. The van der Waals surface area contributed by atoms with Crippen molar-refractivity contribution in [2.24, 2.45) is 0 Å². The largest absolute Gasteiger partial charge is 0.480 e. The minimum atomic E-state index is -1.13. The fraction of sp³-hybridized carbons (Fsp3) is 0.474. The molecule has 2 rings (SSSR count). The topological polar surface area (TPSA) is 104 Å². The highest BCUT2D eigenvalue weighted by Crippen LogP contribution is 2.26. The Hall–Kier alpha value is -2.00. The van der Waals surface area contributed by atoms with Gasteiger partial charge in [-0.1, -0.05) is 19.1 Å². The number of carbonyl (C=O) groups excluding carboxylic acids is 3. The van der Waals surface area contributed by atoms with Crippen LogP contribution in [0.25, 0.3) is 0 Å². The van der Waals surface area contributed by atoms with Crippen LogP contribution in [0.5, 0.6) is 0 Å². The molecule has 152 valence electrons. The van der Waals surface area contributed by atoms with E-state index in [0.29, 0.717) is 11.5 Å². The fourth-order valence-corrected chi connectivity index (χ4v) is 4.12. The normalized spacial score (nSPS) is 15.3. The molecule has 7 nitrogen and oxygen atoms in total. The van der Waals surface area contributed by atoms with E-state index in [9.17, 15) is 24.3 Å². The molecule has 1 aliphatic rings. The van der Waals surface area contributed by atoms with E-state index in [2.05, 4.69) is 5.32 Å². The lowest BCUT2D eigenvalue weighted by Crippen LogP contribution is -2.53. The molecule has 2 atom stereocenters. The van der Waals surface area contributed by atoms with Gasteiger partial charge in [0, 0.05) is 0 Å². The maximum absolute atomic E-state index is 12.9. The van der Waals surface area contributed by atoms with Gasteiger partial charge in [0.2, 0.25) is 5.91 Å². The number of carboxylic acids is 1. The first kappa shape index (κ1) is 22.3. The second kappa shape index (κ2) is 10.5. The molecule has 0 aromatic heterocycles. The van der Waals surface area contributed by atoms with E-state index in [0.717, 1.165) is 10.7 Å². The number of benzene rings is 1. The average Bonchev–Trinajstić information content (AvgIpc) is 2.93. The monoisotopic (exact) mass is 424 g/mol. The van der Waals surface area contributed by atoms with Gasteiger partial charge in [0.15, 0.2) is 0 Å². The lowest BCUT2D eigenvalue weighted by Gasteiger charge is -2.26. The molecule has 1 heterocycles. The number of nitrogens with zero attached hydrogens (tertiary/aromatic N) is 1. The summed E-state index contributed by atoms with van der Waals surface area (Å²) in [7, 11) is 0. The number of amides is 3. The van der Waals surface area contributed by atoms with Gasteiger partial charge < -0.3 is 10.4 Å². The van der Waals surface area contributed by atoms with Crippen molar-refractivity contribution >= 4 is 47.2 Å². The maximum atomic E-state index is 12.9. The van der Waals surface area contributed by atoms with Crippen molar-refractivity contribution < 1.29 is 24.3 Å². The van der Waals surface area contributed by atoms with Crippen LogP contribution in [0, 0.1) is 0 Å². The molecule has 1 aromatic rings. The van der Waals surface area contributed by atoms with Crippen LogP contribution in [0.1, 0.15) is 40.5 Å². The quantitative estimate of drug-likeness (QED) is 0.414. The Labute approximate surface area is 172 Å². The van der Waals surface area contributed by atoms with Crippen LogP contribution >= 0.6 is 23.5 Å². The smallest absolute Gasteiger partial charge is 0.326 e. The van der Waals surface area contributed by atoms with Crippen molar-refractivity contribution in [2.45, 2.75) is 31.8 Å². The Kier molecular flexibility index (Phi) is 8.37. The lowest BCUT2D eigenvalue weighted by atomic mass is 10.1. The molecule has 0 radical (unpaired) electrons. The third-order valence-corrected chi connectivity index (χ3v) is 5.98. The Balaban J connectivity index is 2.21. The molecule has 0 bridgehead atoms. The number of carbonyl (C=O) groups is 4. The summed E-state index contributed by atoms with van der Waals surface area (Å²) in [6.07, 6.45) is 2.39. The van der Waals surface area contributed by atoms with Gasteiger partial charge in [0.1, 0.15) is 12.1 Å². The summed E-state index contributed by atoms with van der Waals surface area (Å²) >= 11 is 3.07. The number of imide groups is 1. The second-order valence-electron chi connectivity index (χ2n) is 6.21. The zero-order valence-electron chi connectivity index (χ0n) is 15.8. The highest BCUT2D eigenvalue weighted by atomic mass is 32.2. The van der Waals surface area contributed by atoms with Gasteiger partial charge in [-0.2, -0.15) is 23.5 Å². The van der Waals surface area contributed by atoms with Gasteiger partial charge in [-0.15, -0.1) is 0 Å². The van der Waals surface area contributed by atoms with Gasteiger partial charge in [-0.05, 0) is 48.5 Å². The number of aliphatic carboxylic acids is 1. The zero-order chi connectivity index (χ0) is 20.7. The second-order valence-corrected chi connectivity index (χ2v) is 8.59. The molecule has 9 heteroatoms. The molecule has 28 heavy (non-hydrogen) atoms. The van der Waals surface area contributed by atoms with Crippen molar-refractivity contribution in [3.8, 4) is 0 Å². The number of nitrogens with one attached hydrogen (secondary N) is 1. The van der Waals surface area contributed by atoms with Crippen LogP contribution in [-0.4, -0.2) is 69.3 Å². The molecular weight excluding hydrogens is 400 g/mol. The van der Waals surface area contributed by atoms with Crippen LogP contribution in [0.4, 0.5) is 0 Å². The SMILES string of the molecule is CCSCCC(NC(=O)C(CCSC)N1C(=O)c2ccccc2C1=O)C(=O)O. The minimum Gasteiger partial charge on any atom is -0.480 e. The highest BCUT2D eigenvalue weighted by molar-refractivity contribution is 7.99. The standard InChI is InChI=1S/C19H24N2O5S2/c1-3-28-11-8-14(19(25)26)20-16(22)15(9-10-27-2)21-17(23)12-6-4-5-7-13(12)18(21)24/h4-7,14-15H,3,8-11H2,1-2H3,(H,20,22)(H,25,26). The van der Waals surface area contributed by atoms with Crippen molar-refractivity contribution in [1.82, 2.24) is 10.2 Å². The van der Waals surface area contributed by atoms with Crippen LogP contribution in [0.15, 0.2) is 24.3 Å². The third-order valence-electron chi connectivity index (χ3n) is 4.40. The summed E-state index contributed by atoms with van der Waals surface area (Å²) in [6, 6.07) is 4.34. The van der Waals surface area contributed by atoms with Crippen LogP contribution in [-0.2, 0) is 9.59 Å². The molecule has 0 fully saturated rings. The number of fused-ring (bicyclic) bond motifs is 1. The van der Waals surface area contributed by atoms with Crippen LogP contribution in [0.2, 0.25) is 0 Å². The Morgan fingerprint density at radius 2 is 1.71 bits per heavy atom. The zero-order valence-corrected chi connectivity index (χ0v) is 17.5. The molecular formula is C19H24N2O5S2. The molecule has 3 amide bonds. The Bertz CT molecular complexity index is 721. The third kappa shape index (κ3) is 5.08. The fourth-order valence-electron chi connectivity index (χ4n) is 2.97. The van der Waals surface area contributed by atoms with Gasteiger partial charge in [-0.25, -0.2) is 4.79 Å². The van der Waals surface area contributed by atoms with Crippen LogP contribution in [0.3, 0.4) is 0 Å². The number of hydrogen-bond acceptors (Lipinski definition) is 6. The summed E-state index contributed by atoms with van der Waals surface area (Å²) in [5.41, 5.74) is 0.534. The van der Waals surface area contributed by atoms with Crippen molar-refractivity contribution in [1.29, 1.82) is 0 Å². The first-order valence-electron chi connectivity index (χ1n) is 8.99. The predicted molar refractivity (Wildman–Crippen MR) is 111 cm³/mol. The number of hydrogen-bond donors (Lipinski definition) is 2. The van der Waals surface area contributed by atoms with Crippen molar-refractivity contribution in [3.05, 3.63) is 35.4 Å². The van der Waals surface area contributed by atoms with Gasteiger partial charge >= 0.3 is 5.97 Å². The van der Waals surface area contributed by atoms with E-state index in [4.69, 9.17) is 0 Å². The molecule has 0 spiro atoms. The van der Waals surface area contributed by atoms with E-state index < -0.39 is 35.8 Å². The minimum absolute atomic E-state index is 0.258. The van der Waals surface area contributed by atoms with Crippen LogP contribution < -0.4 is 5.32 Å². The van der Waals surface area contributed by atoms with Crippen molar-refractivity contribution in [3.63, 3.8) is 0 Å². The molecule has 2 unspecified atom stereocenters. The van der Waals surface area contributed by atoms with E-state index in [1.165, 1.54) is 11.8 Å². The maximum Gasteiger partial charge on any atom is 0.326 e. The highest BCUT2D eigenvalue weighted by Gasteiger charge is 2.42. The number of thioether (sulfide) groups is 2. The summed E-state index contributed by atoms with van der Waals surface area (Å²) in [6.45, 7) is 1.97. The summed E-state index contributed by atoms with van der Waals surface area (Å²) in [5.74, 6) is -0.782. The predicted octanol–water partition coefficient (Wildman–Crippen LogP) is 2.12. The molecule has 1 aliphatic heterocycles. The first-order valence-corrected chi connectivity index (χ1v) is 11.5. The van der Waals surface area contributed by atoms with Gasteiger partial charge in [0.05, 0.1) is 11.1 Å². The average molecular weight is 425 g/mol. The number of carboxylic acid groups (broad SMARTS) is 1. The van der Waals surface area contributed by atoms with Gasteiger partial charge in [-0.3, -0.25) is 19.3 Å². The Morgan fingerprint density at radius 3 is 2.21 bits per heavy atom. The molecule has 1 aromatic carbocycles. The molecule has 0 saturated carbocycles. The van der Waals surface area contributed by atoms with E-state index >= 15 is 0 Å². The molecule has 0 saturated heterocycles. The van der Waals surface area contributed by atoms with E-state index in [1.54, 1.807) is 36.0 Å². The van der Waals surface area contributed by atoms with E-state index in [1.807, 2.05) is 13.2 Å².